The molecule has 1 aromatic rings. The van der Waals surface area contributed by atoms with E-state index in [-0.39, 0.29) is 17.0 Å². The first-order chi connectivity index (χ1) is 7.73. The van der Waals surface area contributed by atoms with Gasteiger partial charge in [0, 0.05) is 6.42 Å². The van der Waals surface area contributed by atoms with Crippen LogP contribution >= 0.6 is 0 Å². The molecule has 1 spiro atoms. The largest absolute Gasteiger partial charge is 0.294 e. The molecule has 2 heteroatoms. The van der Waals surface area contributed by atoms with Crippen molar-refractivity contribution < 1.29 is 9.18 Å². The van der Waals surface area contributed by atoms with Crippen LogP contribution in [0, 0.1) is 5.82 Å². The molecular weight excluding hydrogens is 203 g/mol. The Morgan fingerprint density at radius 1 is 1.12 bits per heavy atom. The molecule has 2 aliphatic rings. The number of halogens is 1. The highest BCUT2D eigenvalue weighted by atomic mass is 19.1. The summed E-state index contributed by atoms with van der Waals surface area (Å²) in [4.78, 5) is 11.8. The highest BCUT2D eigenvalue weighted by molar-refractivity contribution is 5.99. The van der Waals surface area contributed by atoms with Gasteiger partial charge in [0.2, 0.25) is 0 Å². The summed E-state index contributed by atoms with van der Waals surface area (Å²) in [7, 11) is 0. The Bertz CT molecular complexity index is 444. The molecule has 0 aromatic heterocycles. The van der Waals surface area contributed by atoms with Crippen LogP contribution in [0.4, 0.5) is 4.39 Å². The summed E-state index contributed by atoms with van der Waals surface area (Å²) in [5, 5.41) is 0. The zero-order chi connectivity index (χ0) is 11.2. The smallest absolute Gasteiger partial charge is 0.166 e. The Kier molecular flexibility index (Phi) is 2.13. The Balaban J connectivity index is 2.20. The number of carbonyl (C=O) groups excluding carboxylic acids is 1. The fourth-order valence-corrected chi connectivity index (χ4v) is 3.43. The molecule has 84 valence electrons. The minimum atomic E-state index is -0.325. The Morgan fingerprint density at radius 2 is 1.88 bits per heavy atom. The van der Waals surface area contributed by atoms with E-state index < -0.39 is 0 Å². The first kappa shape index (κ1) is 10.0. The summed E-state index contributed by atoms with van der Waals surface area (Å²) in [6, 6.07) is 5.11. The Hall–Kier alpha value is -1.18. The van der Waals surface area contributed by atoms with Crippen LogP contribution in [-0.2, 0) is 5.41 Å². The number of benzene rings is 1. The predicted molar refractivity (Wildman–Crippen MR) is 60.1 cm³/mol. The fourth-order valence-electron chi connectivity index (χ4n) is 3.43. The van der Waals surface area contributed by atoms with Crippen molar-refractivity contribution in [3.63, 3.8) is 0 Å². The lowest BCUT2D eigenvalue weighted by atomic mass is 9.68. The van der Waals surface area contributed by atoms with Gasteiger partial charge in [-0.05, 0) is 36.3 Å². The molecule has 1 aromatic carbocycles. The summed E-state index contributed by atoms with van der Waals surface area (Å²) < 4.78 is 13.7. The fraction of sp³-hybridized carbons (Fsp3) is 0.500. The highest BCUT2D eigenvalue weighted by Gasteiger charge is 2.42. The van der Waals surface area contributed by atoms with Gasteiger partial charge in [-0.3, -0.25) is 4.79 Å². The van der Waals surface area contributed by atoms with E-state index in [2.05, 4.69) is 0 Å². The molecule has 0 atom stereocenters. The van der Waals surface area contributed by atoms with Crippen LogP contribution in [0.1, 0.15) is 54.4 Å². The van der Waals surface area contributed by atoms with Crippen molar-refractivity contribution in [2.24, 2.45) is 0 Å². The lowest BCUT2D eigenvalue weighted by Gasteiger charge is -2.35. The normalized spacial score (nSPS) is 22.4. The zero-order valence-electron chi connectivity index (χ0n) is 9.26. The number of hydrogen-bond donors (Lipinski definition) is 0. The second-order valence-corrected chi connectivity index (χ2v) is 5.07. The Morgan fingerprint density at radius 3 is 2.62 bits per heavy atom. The zero-order valence-corrected chi connectivity index (χ0v) is 9.26. The molecule has 0 bridgehead atoms. The Labute approximate surface area is 94.7 Å². The van der Waals surface area contributed by atoms with Crippen molar-refractivity contribution in [3.05, 3.63) is 35.1 Å². The van der Waals surface area contributed by atoms with Gasteiger partial charge in [0.05, 0.1) is 5.56 Å². The number of fused-ring (bicyclic) bond motifs is 2. The van der Waals surface area contributed by atoms with E-state index in [1.54, 1.807) is 6.07 Å². The highest BCUT2D eigenvalue weighted by Crippen LogP contribution is 2.48. The van der Waals surface area contributed by atoms with Crippen LogP contribution in [-0.4, -0.2) is 5.78 Å². The summed E-state index contributed by atoms with van der Waals surface area (Å²) in [6.07, 6.45) is 6.11. The van der Waals surface area contributed by atoms with E-state index >= 15 is 0 Å². The van der Waals surface area contributed by atoms with Crippen molar-refractivity contribution in [1.29, 1.82) is 0 Å². The van der Waals surface area contributed by atoms with Crippen molar-refractivity contribution >= 4 is 5.78 Å². The van der Waals surface area contributed by atoms with Crippen molar-refractivity contribution in [2.75, 3.05) is 0 Å². The van der Waals surface area contributed by atoms with Crippen LogP contribution in [0.2, 0.25) is 0 Å². The van der Waals surface area contributed by atoms with E-state index in [1.807, 2.05) is 6.07 Å². The van der Waals surface area contributed by atoms with Crippen LogP contribution in [0.25, 0.3) is 0 Å². The monoisotopic (exact) mass is 218 g/mol. The third-order valence-electron chi connectivity index (χ3n) is 4.26. The second-order valence-electron chi connectivity index (χ2n) is 5.07. The lowest BCUT2D eigenvalue weighted by Crippen LogP contribution is -2.31. The van der Waals surface area contributed by atoms with Gasteiger partial charge in [-0.2, -0.15) is 0 Å². The summed E-state index contributed by atoms with van der Waals surface area (Å²) >= 11 is 0. The number of Topliss-reactive ketones (excluding diaryl/α,β-unsaturated/α-hetero) is 1. The van der Waals surface area contributed by atoms with Gasteiger partial charge < -0.3 is 0 Å². The number of ketones is 1. The predicted octanol–water partition coefficient (Wildman–Crippen LogP) is 3.61. The summed E-state index contributed by atoms with van der Waals surface area (Å²) in [6.45, 7) is 0. The topological polar surface area (TPSA) is 17.1 Å². The van der Waals surface area contributed by atoms with E-state index in [9.17, 15) is 9.18 Å². The molecule has 1 saturated carbocycles. The van der Waals surface area contributed by atoms with Gasteiger partial charge in [0.15, 0.2) is 5.78 Å². The maximum absolute atomic E-state index is 13.7. The molecule has 3 rings (SSSR count). The van der Waals surface area contributed by atoms with Crippen LogP contribution in [0.15, 0.2) is 18.2 Å². The molecule has 0 saturated heterocycles. The van der Waals surface area contributed by atoms with E-state index in [1.165, 1.54) is 18.9 Å². The van der Waals surface area contributed by atoms with Gasteiger partial charge >= 0.3 is 0 Å². The minimum Gasteiger partial charge on any atom is -0.294 e. The van der Waals surface area contributed by atoms with Gasteiger partial charge in [-0.1, -0.05) is 25.0 Å². The van der Waals surface area contributed by atoms with Crippen LogP contribution in [0.3, 0.4) is 0 Å². The lowest BCUT2D eigenvalue weighted by molar-refractivity contribution is 0.0946. The van der Waals surface area contributed by atoms with E-state index in [4.69, 9.17) is 0 Å². The maximum atomic E-state index is 13.7. The first-order valence-electron chi connectivity index (χ1n) is 6.05. The molecule has 1 nitrogen and oxygen atoms in total. The molecular formula is C14H15FO. The van der Waals surface area contributed by atoms with Crippen molar-refractivity contribution in [3.8, 4) is 0 Å². The minimum absolute atomic E-state index is 0.00868. The molecule has 0 aliphatic heterocycles. The summed E-state index contributed by atoms with van der Waals surface area (Å²) in [5.41, 5.74) is 1.49. The number of hydrogen-bond acceptors (Lipinski definition) is 1. The average Bonchev–Trinajstić information content (AvgIpc) is 2.74. The van der Waals surface area contributed by atoms with Gasteiger partial charge in [0.25, 0.3) is 0 Å². The third-order valence-corrected chi connectivity index (χ3v) is 4.26. The molecule has 0 unspecified atom stereocenters. The SMILES string of the molecule is O=C1CCC2(CCCC2)c2cccc(F)c21. The molecule has 0 N–H and O–H groups in total. The van der Waals surface area contributed by atoms with Crippen molar-refractivity contribution in [1.82, 2.24) is 0 Å². The van der Waals surface area contributed by atoms with Gasteiger partial charge in [-0.25, -0.2) is 4.39 Å². The van der Waals surface area contributed by atoms with Crippen LogP contribution < -0.4 is 0 Å². The maximum Gasteiger partial charge on any atom is 0.166 e. The quantitative estimate of drug-likeness (QED) is 0.650. The van der Waals surface area contributed by atoms with Crippen molar-refractivity contribution in [2.45, 2.75) is 43.9 Å². The molecule has 1 fully saturated rings. The standard InChI is InChI=1S/C14H15FO/c15-11-5-3-4-10-13(11)12(16)6-9-14(10)7-1-2-8-14/h3-5H,1-2,6-9H2. The summed E-state index contributed by atoms with van der Waals surface area (Å²) in [5.74, 6) is -0.334. The number of carbonyl (C=O) groups is 1. The average molecular weight is 218 g/mol. The van der Waals surface area contributed by atoms with Gasteiger partial charge in [0.1, 0.15) is 5.82 Å². The molecule has 2 aliphatic carbocycles. The van der Waals surface area contributed by atoms with E-state index in [0.29, 0.717) is 12.0 Å². The molecule has 0 radical (unpaired) electrons. The molecule has 16 heavy (non-hydrogen) atoms. The first-order valence-corrected chi connectivity index (χ1v) is 6.05. The molecule has 0 amide bonds. The molecule has 0 heterocycles. The second kappa shape index (κ2) is 3.41. The van der Waals surface area contributed by atoms with Gasteiger partial charge in [-0.15, -0.1) is 0 Å². The van der Waals surface area contributed by atoms with E-state index in [0.717, 1.165) is 24.8 Å². The number of rotatable bonds is 0. The third kappa shape index (κ3) is 1.25. The van der Waals surface area contributed by atoms with Crippen LogP contribution in [0.5, 0.6) is 0 Å².